The number of hydrogen-bond donors (Lipinski definition) is 0. The van der Waals surface area contributed by atoms with Crippen LogP contribution in [0.25, 0.3) is 0 Å². The van der Waals surface area contributed by atoms with Gasteiger partial charge >= 0.3 is 0 Å². The lowest BCUT2D eigenvalue weighted by atomic mass is 9.88. The van der Waals surface area contributed by atoms with E-state index in [1.165, 1.54) is 165 Å². The van der Waals surface area contributed by atoms with Crippen LogP contribution in [0.4, 0.5) is 0 Å². The van der Waals surface area contributed by atoms with Gasteiger partial charge in [-0.2, -0.15) is 0 Å². The van der Waals surface area contributed by atoms with Crippen LogP contribution in [-0.4, -0.2) is 0 Å². The highest BCUT2D eigenvalue weighted by Gasteiger charge is 2.13. The summed E-state index contributed by atoms with van der Waals surface area (Å²) in [6.07, 6.45) is 39.4. The molecule has 0 nitrogen and oxygen atoms in total. The predicted molar refractivity (Wildman–Crippen MR) is 170 cm³/mol. The molecular formula is C37H66. The van der Waals surface area contributed by atoms with E-state index in [0.717, 1.165) is 11.8 Å². The van der Waals surface area contributed by atoms with Crippen molar-refractivity contribution < 1.29 is 0 Å². The standard InChI is InChI=1S/C37H66/c1-6-8-9-10-11-12-13-14-15-16-17-18-19-20-21-23-33(3)24-28-36(22-7-2)29-25-34(4)26-30-37-31-27-35(5)32-37/h11-12,31,35-36H,3-4,6-10,13-30,32H2,1-2,5H3/b12-11-. The molecule has 0 aromatic heterocycles. The molecule has 0 fully saturated rings. The van der Waals surface area contributed by atoms with Crippen LogP contribution in [0.2, 0.25) is 0 Å². The summed E-state index contributed by atoms with van der Waals surface area (Å²) in [5, 5.41) is 0. The van der Waals surface area contributed by atoms with Gasteiger partial charge in [-0.15, -0.1) is 0 Å². The summed E-state index contributed by atoms with van der Waals surface area (Å²) >= 11 is 0. The third kappa shape index (κ3) is 20.6. The van der Waals surface area contributed by atoms with Crippen LogP contribution in [-0.2, 0) is 0 Å². The van der Waals surface area contributed by atoms with Gasteiger partial charge in [0.25, 0.3) is 0 Å². The molecule has 37 heavy (non-hydrogen) atoms. The Morgan fingerprint density at radius 1 is 0.730 bits per heavy atom. The van der Waals surface area contributed by atoms with Crippen molar-refractivity contribution in [1.82, 2.24) is 0 Å². The monoisotopic (exact) mass is 511 g/mol. The summed E-state index contributed by atoms with van der Waals surface area (Å²) in [5.74, 6) is 1.73. The zero-order valence-corrected chi connectivity index (χ0v) is 25.8. The average molecular weight is 511 g/mol. The number of allylic oxidation sites excluding steroid dienone is 6. The molecule has 0 spiro atoms. The van der Waals surface area contributed by atoms with Crippen LogP contribution in [0, 0.1) is 11.8 Å². The van der Waals surface area contributed by atoms with Crippen LogP contribution in [0.3, 0.4) is 0 Å². The lowest BCUT2D eigenvalue weighted by Gasteiger charge is -2.18. The highest BCUT2D eigenvalue weighted by atomic mass is 14.2. The fraction of sp³-hybridized carbons (Fsp3) is 0.784. The molecule has 1 aliphatic carbocycles. The minimum atomic E-state index is 0.862. The minimum Gasteiger partial charge on any atom is -0.0999 e. The highest BCUT2D eigenvalue weighted by Crippen LogP contribution is 2.30. The van der Waals surface area contributed by atoms with Gasteiger partial charge in [-0.1, -0.05) is 133 Å². The van der Waals surface area contributed by atoms with Crippen LogP contribution < -0.4 is 0 Å². The molecule has 2 unspecified atom stereocenters. The van der Waals surface area contributed by atoms with E-state index in [2.05, 4.69) is 52.2 Å². The van der Waals surface area contributed by atoms with Gasteiger partial charge < -0.3 is 0 Å². The first kappa shape index (κ1) is 34.0. The predicted octanol–water partition coefficient (Wildman–Crippen LogP) is 13.2. The van der Waals surface area contributed by atoms with Crippen LogP contribution in [0.1, 0.15) is 175 Å². The largest absolute Gasteiger partial charge is 0.0999 e. The summed E-state index contributed by atoms with van der Waals surface area (Å²) in [7, 11) is 0. The Morgan fingerprint density at radius 2 is 1.30 bits per heavy atom. The third-order valence-electron chi connectivity index (χ3n) is 8.52. The highest BCUT2D eigenvalue weighted by molar-refractivity contribution is 5.12. The molecule has 0 bridgehead atoms. The molecule has 2 atom stereocenters. The molecule has 0 saturated carbocycles. The quantitative estimate of drug-likeness (QED) is 0.0801. The molecule has 1 aliphatic rings. The molecule has 0 N–H and O–H groups in total. The van der Waals surface area contributed by atoms with Gasteiger partial charge in [-0.25, -0.2) is 0 Å². The first-order chi connectivity index (χ1) is 18.0. The minimum absolute atomic E-state index is 0.862. The van der Waals surface area contributed by atoms with Crippen molar-refractivity contribution in [1.29, 1.82) is 0 Å². The van der Waals surface area contributed by atoms with Crippen molar-refractivity contribution in [3.63, 3.8) is 0 Å². The van der Waals surface area contributed by atoms with Gasteiger partial charge in [0.2, 0.25) is 0 Å². The van der Waals surface area contributed by atoms with Crippen molar-refractivity contribution in [2.75, 3.05) is 0 Å². The van der Waals surface area contributed by atoms with E-state index in [4.69, 9.17) is 0 Å². The second-order valence-corrected chi connectivity index (χ2v) is 12.5. The molecule has 214 valence electrons. The van der Waals surface area contributed by atoms with E-state index in [-0.39, 0.29) is 0 Å². The van der Waals surface area contributed by atoms with Gasteiger partial charge in [0, 0.05) is 0 Å². The maximum atomic E-state index is 4.44. The first-order valence-corrected chi connectivity index (χ1v) is 16.7. The molecule has 1 rings (SSSR count). The average Bonchev–Trinajstić information content (AvgIpc) is 3.31. The molecule has 0 heteroatoms. The molecule has 0 aromatic carbocycles. The molecule has 0 saturated heterocycles. The summed E-state index contributed by atoms with van der Waals surface area (Å²) in [5.41, 5.74) is 4.67. The Morgan fingerprint density at radius 3 is 1.86 bits per heavy atom. The lowest BCUT2D eigenvalue weighted by molar-refractivity contribution is 0.410. The zero-order valence-electron chi connectivity index (χ0n) is 25.8. The fourth-order valence-electron chi connectivity index (χ4n) is 5.88. The Balaban J connectivity index is 1.97. The zero-order chi connectivity index (χ0) is 27.0. The molecular weight excluding hydrogens is 444 g/mol. The van der Waals surface area contributed by atoms with Gasteiger partial charge in [-0.3, -0.25) is 0 Å². The van der Waals surface area contributed by atoms with Crippen molar-refractivity contribution in [3.05, 3.63) is 48.1 Å². The lowest BCUT2D eigenvalue weighted by Crippen LogP contribution is -2.02. The van der Waals surface area contributed by atoms with E-state index < -0.39 is 0 Å². The van der Waals surface area contributed by atoms with Gasteiger partial charge in [-0.05, 0) is 102 Å². The van der Waals surface area contributed by atoms with E-state index in [0.29, 0.717) is 0 Å². The van der Waals surface area contributed by atoms with E-state index in [9.17, 15) is 0 Å². The van der Waals surface area contributed by atoms with Gasteiger partial charge in [0.1, 0.15) is 0 Å². The second kappa shape index (κ2) is 24.0. The molecule has 0 aliphatic heterocycles. The summed E-state index contributed by atoms with van der Waals surface area (Å²) < 4.78 is 0. The van der Waals surface area contributed by atoms with Crippen molar-refractivity contribution in [2.45, 2.75) is 175 Å². The maximum absolute atomic E-state index is 4.44. The molecule has 0 aromatic rings. The van der Waals surface area contributed by atoms with Crippen molar-refractivity contribution in [3.8, 4) is 0 Å². The van der Waals surface area contributed by atoms with E-state index in [1.54, 1.807) is 5.57 Å². The van der Waals surface area contributed by atoms with Crippen LogP contribution >= 0.6 is 0 Å². The van der Waals surface area contributed by atoms with Crippen LogP contribution in [0.5, 0.6) is 0 Å². The fourth-order valence-corrected chi connectivity index (χ4v) is 5.88. The van der Waals surface area contributed by atoms with Crippen molar-refractivity contribution in [2.24, 2.45) is 11.8 Å². The smallest absolute Gasteiger partial charge is 0.0283 e. The summed E-state index contributed by atoms with van der Waals surface area (Å²) in [6.45, 7) is 15.9. The summed E-state index contributed by atoms with van der Waals surface area (Å²) in [6, 6.07) is 0. The maximum Gasteiger partial charge on any atom is -0.0283 e. The molecule has 0 heterocycles. The first-order valence-electron chi connectivity index (χ1n) is 16.7. The Bertz CT molecular complexity index is 618. The number of hydrogen-bond acceptors (Lipinski definition) is 0. The van der Waals surface area contributed by atoms with E-state index >= 15 is 0 Å². The van der Waals surface area contributed by atoms with E-state index in [1.807, 2.05) is 0 Å². The normalized spacial score (nSPS) is 16.4. The Kier molecular flexibility index (Phi) is 22.1. The topological polar surface area (TPSA) is 0 Å². The summed E-state index contributed by atoms with van der Waals surface area (Å²) in [4.78, 5) is 0. The Labute approximate surface area is 234 Å². The third-order valence-corrected chi connectivity index (χ3v) is 8.52. The van der Waals surface area contributed by atoms with Crippen molar-refractivity contribution >= 4 is 0 Å². The number of unbranched alkanes of at least 4 members (excludes halogenated alkanes) is 11. The van der Waals surface area contributed by atoms with Gasteiger partial charge in [0.15, 0.2) is 0 Å². The van der Waals surface area contributed by atoms with Crippen LogP contribution in [0.15, 0.2) is 48.1 Å². The van der Waals surface area contributed by atoms with Gasteiger partial charge in [0.05, 0.1) is 0 Å². The molecule has 0 radical (unpaired) electrons. The molecule has 0 amide bonds. The second-order valence-electron chi connectivity index (χ2n) is 12.5. The number of rotatable bonds is 26. The Hall–Kier alpha value is -1.04. The SMILES string of the molecule is C=C(CCCCCCCCCC/C=C\CCCCC)CCC(CCC)CCC(=C)CCC1=CCC(C)C1.